The van der Waals surface area contributed by atoms with Crippen LogP contribution in [-0.2, 0) is 9.59 Å². The monoisotopic (exact) mass is 387 g/mol. The van der Waals surface area contributed by atoms with E-state index in [1.807, 2.05) is 18.2 Å². The van der Waals surface area contributed by atoms with Gasteiger partial charge in [-0.15, -0.1) is 0 Å². The summed E-state index contributed by atoms with van der Waals surface area (Å²) in [7, 11) is 0. The molecule has 19 heavy (non-hydrogen) atoms. The molecule has 1 aliphatic heterocycles. The molecule has 5 heteroatoms. The Morgan fingerprint density at radius 1 is 1.37 bits per heavy atom. The Morgan fingerprint density at radius 3 is 2.63 bits per heavy atom. The maximum absolute atomic E-state index is 12.1. The van der Waals surface area contributed by atoms with Crippen LogP contribution in [0.3, 0.4) is 0 Å². The van der Waals surface area contributed by atoms with Gasteiger partial charge in [0, 0.05) is 0 Å². The van der Waals surface area contributed by atoms with Crippen molar-refractivity contribution in [3.63, 3.8) is 0 Å². The summed E-state index contributed by atoms with van der Waals surface area (Å²) in [6.45, 7) is 1.49. The number of amides is 2. The van der Waals surface area contributed by atoms with Crippen LogP contribution < -0.4 is 4.46 Å². The summed E-state index contributed by atoms with van der Waals surface area (Å²) in [6.07, 6.45) is 0.827. The molecule has 1 aromatic rings. The van der Waals surface area contributed by atoms with E-state index in [4.69, 9.17) is 0 Å². The molecule has 100 valence electrons. The summed E-state index contributed by atoms with van der Waals surface area (Å²) >= 11 is 3.97. The van der Waals surface area contributed by atoms with Crippen molar-refractivity contribution in [2.24, 2.45) is 5.92 Å². The minimum atomic E-state index is -0.106. The standard InChI is InChI=1S/C14H14BrNO2Se/c1-8(17)16-11-7-10(14(16)18)12(15)13(11)19-9-5-3-2-4-6-9/h2-6,10-13H,7H2,1H3/t10-,11+,12+,13+/m1/s1. The van der Waals surface area contributed by atoms with E-state index in [2.05, 4.69) is 28.1 Å². The number of hydrogen-bond donors (Lipinski definition) is 0. The molecule has 0 N–H and O–H groups in total. The first-order valence-electron chi connectivity index (χ1n) is 6.29. The Hall–Kier alpha value is -0.641. The molecule has 2 fully saturated rings. The maximum atomic E-state index is 12.1. The molecule has 0 spiro atoms. The number of rotatable bonds is 2. The van der Waals surface area contributed by atoms with Crippen molar-refractivity contribution in [3.8, 4) is 0 Å². The van der Waals surface area contributed by atoms with Crippen LogP contribution in [0.15, 0.2) is 30.3 Å². The first-order chi connectivity index (χ1) is 9.09. The van der Waals surface area contributed by atoms with Gasteiger partial charge in [-0.1, -0.05) is 0 Å². The summed E-state index contributed by atoms with van der Waals surface area (Å²) in [5.41, 5.74) is 0. The summed E-state index contributed by atoms with van der Waals surface area (Å²) in [6, 6.07) is 10.5. The Balaban J connectivity index is 1.83. The Morgan fingerprint density at radius 2 is 2.05 bits per heavy atom. The number of fused-ring (bicyclic) bond motifs is 2. The molecule has 2 bridgehead atoms. The zero-order valence-corrected chi connectivity index (χ0v) is 13.8. The van der Waals surface area contributed by atoms with Crippen molar-refractivity contribution in [2.45, 2.75) is 29.0 Å². The van der Waals surface area contributed by atoms with E-state index in [9.17, 15) is 9.59 Å². The predicted molar refractivity (Wildman–Crippen MR) is 77.7 cm³/mol. The number of imide groups is 1. The molecule has 0 radical (unpaired) electrons. The SMILES string of the molecule is CC(=O)N1C(=O)[C@@H]2C[C@H]1[C@H]([Se]c1ccccc1)[C@H]2Br. The van der Waals surface area contributed by atoms with Gasteiger partial charge in [0.2, 0.25) is 0 Å². The Labute approximate surface area is 127 Å². The molecule has 3 rings (SSSR count). The molecule has 0 aromatic heterocycles. The fourth-order valence-electron chi connectivity index (χ4n) is 2.99. The minimum absolute atomic E-state index is 0.00973. The third kappa shape index (κ3) is 2.18. The molecule has 1 heterocycles. The molecule has 0 unspecified atom stereocenters. The van der Waals surface area contributed by atoms with Crippen LogP contribution in [0.4, 0.5) is 0 Å². The van der Waals surface area contributed by atoms with Crippen molar-refractivity contribution in [1.29, 1.82) is 0 Å². The van der Waals surface area contributed by atoms with Gasteiger partial charge >= 0.3 is 127 Å². The quantitative estimate of drug-likeness (QED) is 0.568. The van der Waals surface area contributed by atoms with Crippen molar-refractivity contribution in [1.82, 2.24) is 4.90 Å². The average Bonchev–Trinajstić information content (AvgIpc) is 2.87. The normalized spacial score (nSPS) is 32.9. The number of hydrogen-bond acceptors (Lipinski definition) is 2. The number of piperidine rings is 1. The third-order valence-corrected chi connectivity index (χ3v) is 8.80. The number of nitrogens with zero attached hydrogens (tertiary/aromatic N) is 1. The van der Waals surface area contributed by atoms with E-state index in [1.54, 1.807) is 0 Å². The Kier molecular flexibility index (Phi) is 3.54. The zero-order chi connectivity index (χ0) is 13.6. The molecule has 3 nitrogen and oxygen atoms in total. The summed E-state index contributed by atoms with van der Waals surface area (Å²) in [5, 5.41) is 0. The molecular weight excluding hydrogens is 373 g/mol. The first kappa shape index (κ1) is 13.3. The number of benzene rings is 1. The third-order valence-electron chi connectivity index (χ3n) is 3.81. The van der Waals surface area contributed by atoms with Crippen LogP contribution in [0.2, 0.25) is 4.82 Å². The van der Waals surface area contributed by atoms with Gasteiger partial charge in [-0.3, -0.25) is 0 Å². The van der Waals surface area contributed by atoms with E-state index >= 15 is 0 Å². The van der Waals surface area contributed by atoms with Crippen molar-refractivity contribution >= 4 is 47.2 Å². The number of alkyl halides is 1. The summed E-state index contributed by atoms with van der Waals surface area (Å²) in [4.78, 5) is 25.9. The van der Waals surface area contributed by atoms with Gasteiger partial charge in [0.05, 0.1) is 0 Å². The summed E-state index contributed by atoms with van der Waals surface area (Å²) < 4.78 is 1.33. The van der Waals surface area contributed by atoms with Crippen molar-refractivity contribution in [3.05, 3.63) is 30.3 Å². The van der Waals surface area contributed by atoms with Gasteiger partial charge in [0.1, 0.15) is 0 Å². The molecule has 4 atom stereocenters. The van der Waals surface area contributed by atoms with E-state index in [-0.39, 0.29) is 43.6 Å². The topological polar surface area (TPSA) is 37.4 Å². The van der Waals surface area contributed by atoms with E-state index < -0.39 is 0 Å². The number of halogens is 1. The van der Waals surface area contributed by atoms with E-state index in [1.165, 1.54) is 16.3 Å². The average molecular weight is 387 g/mol. The predicted octanol–water partition coefficient (Wildman–Crippen LogP) is 1.35. The van der Waals surface area contributed by atoms with Crippen LogP contribution >= 0.6 is 15.9 Å². The van der Waals surface area contributed by atoms with Crippen LogP contribution in [-0.4, -0.2) is 42.5 Å². The molecule has 2 amide bonds. The van der Waals surface area contributed by atoms with E-state index in [0.29, 0.717) is 4.82 Å². The van der Waals surface area contributed by atoms with Crippen molar-refractivity contribution in [2.75, 3.05) is 0 Å². The van der Waals surface area contributed by atoms with Gasteiger partial charge in [-0.05, 0) is 0 Å². The number of carbonyl (C=O) groups excluding carboxylic acids is 2. The fraction of sp³-hybridized carbons (Fsp3) is 0.429. The molecule has 1 saturated carbocycles. The van der Waals surface area contributed by atoms with Crippen molar-refractivity contribution < 1.29 is 9.59 Å². The molecule has 1 saturated heterocycles. The van der Waals surface area contributed by atoms with Crippen LogP contribution in [0.25, 0.3) is 0 Å². The van der Waals surface area contributed by atoms with Crippen LogP contribution in [0, 0.1) is 5.92 Å². The van der Waals surface area contributed by atoms with Gasteiger partial charge in [-0.2, -0.15) is 0 Å². The number of likely N-dealkylation sites (tertiary alicyclic amines) is 1. The molecule has 1 aliphatic carbocycles. The fourth-order valence-corrected chi connectivity index (χ4v) is 7.15. The second kappa shape index (κ2) is 5.04. The van der Waals surface area contributed by atoms with Gasteiger partial charge in [-0.25, -0.2) is 0 Å². The second-order valence-corrected chi connectivity index (χ2v) is 8.66. The van der Waals surface area contributed by atoms with Crippen LogP contribution in [0.1, 0.15) is 13.3 Å². The molecule has 1 aromatic carbocycles. The zero-order valence-electron chi connectivity index (χ0n) is 10.5. The second-order valence-electron chi connectivity index (χ2n) is 4.98. The summed E-state index contributed by atoms with van der Waals surface area (Å²) in [5.74, 6) is -0.102. The molecular formula is C14H14BrNO2Se. The number of carbonyl (C=O) groups is 2. The Bertz CT molecular complexity index is 521. The van der Waals surface area contributed by atoms with Gasteiger partial charge < -0.3 is 0 Å². The van der Waals surface area contributed by atoms with Gasteiger partial charge in [0.15, 0.2) is 0 Å². The molecule has 2 aliphatic rings. The van der Waals surface area contributed by atoms with Gasteiger partial charge in [0.25, 0.3) is 0 Å². The first-order valence-corrected chi connectivity index (χ1v) is 9.05. The van der Waals surface area contributed by atoms with E-state index in [0.717, 1.165) is 6.42 Å². The van der Waals surface area contributed by atoms with Crippen LogP contribution in [0.5, 0.6) is 0 Å².